The summed E-state index contributed by atoms with van der Waals surface area (Å²) >= 11 is 1.29. The molecule has 1 aromatic rings. The van der Waals surface area contributed by atoms with Crippen molar-refractivity contribution in [2.75, 3.05) is 12.3 Å². The highest BCUT2D eigenvalue weighted by Crippen LogP contribution is 2.15. The first-order valence-electron chi connectivity index (χ1n) is 7.12. The van der Waals surface area contributed by atoms with Crippen molar-refractivity contribution >= 4 is 17.7 Å². The van der Waals surface area contributed by atoms with E-state index in [-0.39, 0.29) is 11.7 Å². The van der Waals surface area contributed by atoms with Crippen LogP contribution in [0.1, 0.15) is 40.2 Å². The predicted octanol–water partition coefficient (Wildman–Crippen LogP) is 2.66. The smallest absolute Gasteiger partial charge is 0.316 e. The number of carbonyl (C=O) groups excluding carboxylic acids is 1. The van der Waals surface area contributed by atoms with Crippen LogP contribution in [-0.2, 0) is 16.1 Å². The van der Waals surface area contributed by atoms with Gasteiger partial charge >= 0.3 is 5.97 Å². The van der Waals surface area contributed by atoms with E-state index in [0.717, 1.165) is 18.7 Å². The fraction of sp³-hybridized carbons (Fsp3) is 0.667. The Hall–Kier alpha value is -1.14. The van der Waals surface area contributed by atoms with Gasteiger partial charge in [0.15, 0.2) is 5.16 Å². The predicted molar refractivity (Wildman–Crippen MR) is 85.1 cm³/mol. The van der Waals surface area contributed by atoms with Gasteiger partial charge in [-0.3, -0.25) is 4.79 Å². The maximum atomic E-state index is 11.6. The summed E-state index contributed by atoms with van der Waals surface area (Å²) in [4.78, 5) is 20.1. The maximum absolute atomic E-state index is 11.6. The molecular weight excluding hydrogens is 286 g/mol. The SMILES string of the molecule is CC(C)CNCc1cnc(SCC(=O)OC(C)(C)C)nc1. The normalized spacial score (nSPS) is 11.7. The number of aromatic nitrogens is 2. The largest absolute Gasteiger partial charge is 0.459 e. The van der Waals surface area contributed by atoms with Crippen molar-refractivity contribution in [2.45, 2.75) is 51.9 Å². The zero-order chi connectivity index (χ0) is 15.9. The van der Waals surface area contributed by atoms with E-state index in [0.29, 0.717) is 11.1 Å². The van der Waals surface area contributed by atoms with Crippen molar-refractivity contribution in [1.82, 2.24) is 15.3 Å². The highest BCUT2D eigenvalue weighted by molar-refractivity contribution is 7.99. The number of nitrogens with zero attached hydrogens (tertiary/aromatic N) is 2. The van der Waals surface area contributed by atoms with Gasteiger partial charge in [0.05, 0.1) is 5.75 Å². The molecular formula is C15H25N3O2S. The number of esters is 1. The Balaban J connectivity index is 2.35. The lowest BCUT2D eigenvalue weighted by Crippen LogP contribution is -2.25. The molecule has 5 nitrogen and oxygen atoms in total. The zero-order valence-electron chi connectivity index (χ0n) is 13.5. The van der Waals surface area contributed by atoms with Crippen molar-refractivity contribution in [3.8, 4) is 0 Å². The third-order valence-corrected chi connectivity index (χ3v) is 3.15. The number of hydrogen-bond acceptors (Lipinski definition) is 6. The second kappa shape index (κ2) is 8.34. The van der Waals surface area contributed by atoms with Crippen LogP contribution in [0.25, 0.3) is 0 Å². The van der Waals surface area contributed by atoms with Crippen LogP contribution in [0.15, 0.2) is 17.6 Å². The fourth-order valence-corrected chi connectivity index (χ4v) is 2.07. The molecule has 0 spiro atoms. The zero-order valence-corrected chi connectivity index (χ0v) is 14.3. The summed E-state index contributed by atoms with van der Waals surface area (Å²) in [6.07, 6.45) is 3.58. The summed E-state index contributed by atoms with van der Waals surface area (Å²) in [7, 11) is 0. The minimum atomic E-state index is -0.454. The molecule has 0 unspecified atom stereocenters. The minimum absolute atomic E-state index is 0.224. The average Bonchev–Trinajstić information content (AvgIpc) is 2.35. The van der Waals surface area contributed by atoms with Crippen LogP contribution in [0.3, 0.4) is 0 Å². The van der Waals surface area contributed by atoms with Crippen LogP contribution in [0.2, 0.25) is 0 Å². The number of hydrogen-bond donors (Lipinski definition) is 1. The van der Waals surface area contributed by atoms with E-state index in [9.17, 15) is 4.79 Å². The van der Waals surface area contributed by atoms with Gasteiger partial charge in [-0.1, -0.05) is 25.6 Å². The first-order valence-corrected chi connectivity index (χ1v) is 8.11. The molecule has 0 aliphatic heterocycles. The Bertz CT molecular complexity index is 441. The van der Waals surface area contributed by atoms with Gasteiger partial charge < -0.3 is 10.1 Å². The van der Waals surface area contributed by atoms with Crippen LogP contribution in [0, 0.1) is 5.92 Å². The first-order chi connectivity index (χ1) is 9.76. The first kappa shape index (κ1) is 17.9. The van der Waals surface area contributed by atoms with E-state index in [1.165, 1.54) is 11.8 Å². The molecule has 0 saturated carbocycles. The molecule has 0 aliphatic carbocycles. The standard InChI is InChI=1S/C15H25N3O2S/c1-11(2)6-16-7-12-8-17-14(18-9-12)21-10-13(19)20-15(3,4)5/h8-9,11,16H,6-7,10H2,1-5H3. The quantitative estimate of drug-likeness (QED) is 0.474. The number of thioether (sulfide) groups is 1. The molecule has 0 amide bonds. The number of rotatable bonds is 7. The molecule has 0 bridgehead atoms. The van der Waals surface area contributed by atoms with Gasteiger partial charge in [0.25, 0.3) is 0 Å². The molecule has 0 radical (unpaired) electrons. The Morgan fingerprint density at radius 1 is 1.33 bits per heavy atom. The molecule has 1 heterocycles. The van der Waals surface area contributed by atoms with Crippen LogP contribution < -0.4 is 5.32 Å². The van der Waals surface area contributed by atoms with Crippen LogP contribution in [0.4, 0.5) is 0 Å². The fourth-order valence-electron chi connectivity index (χ4n) is 1.51. The summed E-state index contributed by atoms with van der Waals surface area (Å²) in [5.74, 6) is 0.593. The molecule has 0 atom stereocenters. The average molecular weight is 311 g/mol. The lowest BCUT2D eigenvalue weighted by Gasteiger charge is -2.19. The highest BCUT2D eigenvalue weighted by Gasteiger charge is 2.16. The molecule has 0 aromatic carbocycles. The van der Waals surface area contributed by atoms with E-state index in [4.69, 9.17) is 4.74 Å². The Kier molecular flexibility index (Phi) is 7.11. The minimum Gasteiger partial charge on any atom is -0.459 e. The Morgan fingerprint density at radius 2 is 1.95 bits per heavy atom. The molecule has 1 N–H and O–H groups in total. The van der Waals surface area contributed by atoms with Crippen molar-refractivity contribution in [2.24, 2.45) is 5.92 Å². The van der Waals surface area contributed by atoms with Gasteiger partial charge in [-0.15, -0.1) is 0 Å². The van der Waals surface area contributed by atoms with Crippen molar-refractivity contribution in [3.63, 3.8) is 0 Å². The van der Waals surface area contributed by atoms with Gasteiger partial charge in [0.2, 0.25) is 0 Å². The summed E-state index contributed by atoms with van der Waals surface area (Å²) in [5.41, 5.74) is 0.585. The lowest BCUT2D eigenvalue weighted by molar-refractivity contribution is -0.151. The monoisotopic (exact) mass is 311 g/mol. The van der Waals surface area contributed by atoms with Crippen LogP contribution in [0.5, 0.6) is 0 Å². The topological polar surface area (TPSA) is 64.1 Å². The van der Waals surface area contributed by atoms with E-state index < -0.39 is 5.60 Å². The molecule has 6 heteroatoms. The van der Waals surface area contributed by atoms with Gasteiger partial charge in [0, 0.05) is 24.5 Å². The van der Waals surface area contributed by atoms with Crippen LogP contribution >= 0.6 is 11.8 Å². The maximum Gasteiger partial charge on any atom is 0.316 e. The summed E-state index contributed by atoms with van der Waals surface area (Å²) in [6, 6.07) is 0. The van der Waals surface area contributed by atoms with Crippen molar-refractivity contribution in [3.05, 3.63) is 18.0 Å². The third-order valence-electron chi connectivity index (χ3n) is 2.30. The second-order valence-electron chi connectivity index (χ2n) is 6.27. The molecule has 1 aromatic heterocycles. The van der Waals surface area contributed by atoms with Gasteiger partial charge in [0.1, 0.15) is 5.60 Å². The lowest BCUT2D eigenvalue weighted by atomic mass is 10.2. The van der Waals surface area contributed by atoms with E-state index in [2.05, 4.69) is 29.1 Å². The summed E-state index contributed by atoms with van der Waals surface area (Å²) in [6.45, 7) is 11.6. The molecule has 0 fully saturated rings. The number of ether oxygens (including phenoxy) is 1. The van der Waals surface area contributed by atoms with E-state index >= 15 is 0 Å². The Morgan fingerprint density at radius 3 is 2.48 bits per heavy atom. The summed E-state index contributed by atoms with van der Waals surface area (Å²) < 4.78 is 5.23. The van der Waals surface area contributed by atoms with Crippen molar-refractivity contribution < 1.29 is 9.53 Å². The van der Waals surface area contributed by atoms with E-state index in [1.54, 1.807) is 12.4 Å². The number of carbonyl (C=O) groups is 1. The van der Waals surface area contributed by atoms with Gasteiger partial charge in [-0.25, -0.2) is 9.97 Å². The second-order valence-corrected chi connectivity index (χ2v) is 7.22. The van der Waals surface area contributed by atoms with E-state index in [1.807, 2.05) is 20.8 Å². The van der Waals surface area contributed by atoms with Gasteiger partial charge in [-0.2, -0.15) is 0 Å². The van der Waals surface area contributed by atoms with Gasteiger partial charge in [-0.05, 0) is 33.2 Å². The van der Waals surface area contributed by atoms with Crippen molar-refractivity contribution in [1.29, 1.82) is 0 Å². The third kappa shape index (κ3) is 8.67. The number of nitrogens with one attached hydrogen (secondary N) is 1. The summed E-state index contributed by atoms with van der Waals surface area (Å²) in [5, 5.41) is 3.93. The molecule has 21 heavy (non-hydrogen) atoms. The Labute approximate surface area is 131 Å². The molecule has 118 valence electrons. The molecule has 1 rings (SSSR count). The molecule has 0 aliphatic rings. The van der Waals surface area contributed by atoms with Crippen LogP contribution in [-0.4, -0.2) is 33.8 Å². The highest BCUT2D eigenvalue weighted by atomic mass is 32.2. The molecule has 0 saturated heterocycles.